The van der Waals surface area contributed by atoms with Crippen LogP contribution in [0.15, 0.2) is 29.3 Å². The summed E-state index contributed by atoms with van der Waals surface area (Å²) in [5.41, 5.74) is -0.460. The van der Waals surface area contributed by atoms with Gasteiger partial charge in [0.2, 0.25) is 0 Å². The maximum atomic E-state index is 13.0. The maximum Gasteiger partial charge on any atom is 0.416 e. The molecule has 10 heteroatoms. The molecule has 1 aromatic carbocycles. The molecule has 0 aliphatic carbocycles. The smallest absolute Gasteiger partial charge is 0.384 e. The number of hydrogen-bond donors (Lipinski definition) is 0. The molecule has 0 spiro atoms. The zero-order valence-electron chi connectivity index (χ0n) is 13.4. The molecule has 25 heavy (non-hydrogen) atoms. The van der Waals surface area contributed by atoms with Crippen LogP contribution in [0, 0.1) is 0 Å². The number of thioether (sulfide) groups is 1. The average molecular weight is 394 g/mol. The quantitative estimate of drug-likeness (QED) is 0.734. The third-order valence-corrected chi connectivity index (χ3v) is 6.71. The van der Waals surface area contributed by atoms with Crippen LogP contribution in [0.5, 0.6) is 0 Å². The molecule has 0 aromatic heterocycles. The lowest BCUT2D eigenvalue weighted by atomic mass is 10.1. The fourth-order valence-corrected chi connectivity index (χ4v) is 5.85. The Morgan fingerprint density at radius 3 is 2.80 bits per heavy atom. The lowest BCUT2D eigenvalue weighted by Crippen LogP contribution is -2.39. The normalized spacial score (nSPS) is 25.1. The second-order valence-corrected chi connectivity index (χ2v) is 9.10. The van der Waals surface area contributed by atoms with Crippen LogP contribution in [0.2, 0.25) is 0 Å². The number of nitrogens with zero attached hydrogens (tertiary/aromatic N) is 2. The second-order valence-electron chi connectivity index (χ2n) is 5.88. The summed E-state index contributed by atoms with van der Waals surface area (Å²) in [6.07, 6.45) is -4.46. The second kappa shape index (κ2) is 6.81. The number of hydrogen-bond acceptors (Lipinski definition) is 6. The van der Waals surface area contributed by atoms with E-state index in [1.165, 1.54) is 17.8 Å². The standard InChI is InChI=1S/C15H17F3N2O3S2/c1-23-5-6-24-14-19-12-8-25(21,22)9-13(12)20(14)11-4-2-3-10(7-11)15(16,17)18/h2-4,7,12-13H,5-6,8-9H2,1H3. The Morgan fingerprint density at radius 1 is 1.36 bits per heavy atom. The largest absolute Gasteiger partial charge is 0.416 e. The first kappa shape index (κ1) is 18.5. The number of rotatable bonds is 4. The minimum absolute atomic E-state index is 0.0680. The SMILES string of the molecule is COCCSC1=NC2CS(=O)(=O)CC2N1c1cccc(C(F)(F)F)c1. The van der Waals surface area contributed by atoms with Gasteiger partial charge in [0.15, 0.2) is 15.0 Å². The number of anilines is 1. The van der Waals surface area contributed by atoms with Gasteiger partial charge in [0.1, 0.15) is 0 Å². The predicted octanol–water partition coefficient (Wildman–Crippen LogP) is 2.43. The van der Waals surface area contributed by atoms with Crippen molar-refractivity contribution < 1.29 is 26.3 Å². The molecule has 0 radical (unpaired) electrons. The van der Waals surface area contributed by atoms with E-state index in [2.05, 4.69) is 4.99 Å². The van der Waals surface area contributed by atoms with Crippen LogP contribution in [0.1, 0.15) is 5.56 Å². The molecule has 3 rings (SSSR count). The molecule has 2 unspecified atom stereocenters. The first-order chi connectivity index (χ1) is 11.7. The van der Waals surface area contributed by atoms with Crippen LogP contribution in [0.3, 0.4) is 0 Å². The van der Waals surface area contributed by atoms with Gasteiger partial charge in [-0.3, -0.25) is 4.99 Å². The molecule has 5 nitrogen and oxygen atoms in total. The Balaban J connectivity index is 1.94. The fourth-order valence-electron chi connectivity index (χ4n) is 2.98. The number of methoxy groups -OCH3 is 1. The minimum Gasteiger partial charge on any atom is -0.384 e. The van der Waals surface area contributed by atoms with Gasteiger partial charge in [-0.15, -0.1) is 0 Å². The fraction of sp³-hybridized carbons (Fsp3) is 0.533. The Morgan fingerprint density at radius 2 is 2.12 bits per heavy atom. The van der Waals surface area contributed by atoms with Gasteiger partial charge in [-0.1, -0.05) is 17.8 Å². The van der Waals surface area contributed by atoms with Crippen LogP contribution in [-0.2, 0) is 20.8 Å². The molecule has 1 saturated heterocycles. The van der Waals surface area contributed by atoms with E-state index >= 15 is 0 Å². The summed E-state index contributed by atoms with van der Waals surface area (Å²) < 4.78 is 67.9. The molecule has 0 saturated carbocycles. The molecular weight excluding hydrogens is 377 g/mol. The van der Waals surface area contributed by atoms with Crippen molar-refractivity contribution in [1.82, 2.24) is 0 Å². The molecule has 1 aromatic rings. The lowest BCUT2D eigenvalue weighted by Gasteiger charge is -2.27. The van der Waals surface area contributed by atoms with Crippen molar-refractivity contribution in [2.75, 3.05) is 35.9 Å². The van der Waals surface area contributed by atoms with Crippen molar-refractivity contribution in [3.8, 4) is 0 Å². The van der Waals surface area contributed by atoms with Gasteiger partial charge < -0.3 is 9.64 Å². The van der Waals surface area contributed by atoms with Crippen molar-refractivity contribution in [2.24, 2.45) is 4.99 Å². The number of benzene rings is 1. The summed E-state index contributed by atoms with van der Waals surface area (Å²) in [6.45, 7) is 0.466. The Bertz CT molecular complexity index is 780. The monoisotopic (exact) mass is 394 g/mol. The molecule has 2 atom stereocenters. The molecular formula is C15H17F3N2O3S2. The van der Waals surface area contributed by atoms with Crippen molar-refractivity contribution in [2.45, 2.75) is 18.3 Å². The van der Waals surface area contributed by atoms with Crippen LogP contribution in [0.25, 0.3) is 0 Å². The summed E-state index contributed by atoms with van der Waals surface area (Å²) in [7, 11) is -1.68. The van der Waals surface area contributed by atoms with Crippen LogP contribution in [-0.4, -0.2) is 56.6 Å². The molecule has 2 heterocycles. The highest BCUT2D eigenvalue weighted by atomic mass is 32.2. The Hall–Kier alpha value is -1.26. The summed E-state index contributed by atoms with van der Waals surface area (Å²) in [5.74, 6) is 0.407. The van der Waals surface area contributed by atoms with E-state index in [1.807, 2.05) is 0 Å². The summed E-state index contributed by atoms with van der Waals surface area (Å²) in [4.78, 5) is 6.09. The van der Waals surface area contributed by atoms with Crippen molar-refractivity contribution in [1.29, 1.82) is 0 Å². The van der Waals surface area contributed by atoms with E-state index < -0.39 is 33.7 Å². The number of ether oxygens (including phenoxy) is 1. The average Bonchev–Trinajstić information content (AvgIpc) is 2.98. The third kappa shape index (κ3) is 3.95. The van der Waals surface area contributed by atoms with Crippen LogP contribution >= 0.6 is 11.8 Å². The summed E-state index contributed by atoms with van der Waals surface area (Å²) in [6, 6.07) is 4.02. The number of aliphatic imine (C=N–C) groups is 1. The number of sulfone groups is 1. The van der Waals surface area contributed by atoms with Gasteiger partial charge in [0.05, 0.1) is 35.8 Å². The van der Waals surface area contributed by atoms with E-state index in [-0.39, 0.29) is 11.5 Å². The van der Waals surface area contributed by atoms with Gasteiger partial charge in [-0.25, -0.2) is 8.42 Å². The number of fused-ring (bicyclic) bond motifs is 1. The highest BCUT2D eigenvalue weighted by Gasteiger charge is 2.47. The van der Waals surface area contributed by atoms with E-state index in [0.29, 0.717) is 23.2 Å². The minimum atomic E-state index is -4.46. The molecule has 2 aliphatic heterocycles. The number of amidine groups is 1. The van der Waals surface area contributed by atoms with Crippen molar-refractivity contribution >= 4 is 32.5 Å². The molecule has 0 amide bonds. The first-order valence-electron chi connectivity index (χ1n) is 7.58. The maximum absolute atomic E-state index is 13.0. The van der Waals surface area contributed by atoms with Gasteiger partial charge in [0.25, 0.3) is 0 Å². The lowest BCUT2D eigenvalue weighted by molar-refractivity contribution is -0.137. The highest BCUT2D eigenvalue weighted by molar-refractivity contribution is 8.14. The Labute approximate surface area is 148 Å². The summed E-state index contributed by atoms with van der Waals surface area (Å²) >= 11 is 1.36. The molecule has 0 N–H and O–H groups in total. The zero-order valence-corrected chi connectivity index (χ0v) is 15.0. The van der Waals surface area contributed by atoms with Gasteiger partial charge in [-0.2, -0.15) is 13.2 Å². The van der Waals surface area contributed by atoms with Gasteiger partial charge in [-0.05, 0) is 18.2 Å². The van der Waals surface area contributed by atoms with Crippen LogP contribution in [0.4, 0.5) is 18.9 Å². The van der Waals surface area contributed by atoms with E-state index in [0.717, 1.165) is 12.1 Å². The molecule has 2 aliphatic rings. The van der Waals surface area contributed by atoms with E-state index in [1.54, 1.807) is 18.1 Å². The van der Waals surface area contributed by atoms with E-state index in [9.17, 15) is 21.6 Å². The topological polar surface area (TPSA) is 59.0 Å². The first-order valence-corrected chi connectivity index (χ1v) is 10.4. The third-order valence-electron chi connectivity index (χ3n) is 4.08. The molecule has 0 bridgehead atoms. The summed E-state index contributed by atoms with van der Waals surface area (Å²) in [5, 5.41) is 0.543. The zero-order chi connectivity index (χ0) is 18.2. The Kier molecular flexibility index (Phi) is 5.04. The van der Waals surface area contributed by atoms with Crippen molar-refractivity contribution in [3.63, 3.8) is 0 Å². The van der Waals surface area contributed by atoms with Gasteiger partial charge in [0, 0.05) is 18.6 Å². The number of alkyl halides is 3. The number of halogens is 3. The highest BCUT2D eigenvalue weighted by Crippen LogP contribution is 2.37. The van der Waals surface area contributed by atoms with Crippen molar-refractivity contribution in [3.05, 3.63) is 29.8 Å². The predicted molar refractivity (Wildman–Crippen MR) is 91.9 cm³/mol. The van der Waals surface area contributed by atoms with Crippen LogP contribution < -0.4 is 4.90 Å². The van der Waals surface area contributed by atoms with Gasteiger partial charge >= 0.3 is 6.18 Å². The molecule has 138 valence electrons. The van der Waals surface area contributed by atoms with E-state index in [4.69, 9.17) is 4.74 Å². The molecule has 1 fully saturated rings.